The molecule has 1 rings (SSSR count). The van der Waals surface area contributed by atoms with E-state index >= 15 is 0 Å². The second kappa shape index (κ2) is 9.23. The van der Waals surface area contributed by atoms with Crippen LogP contribution in [0.25, 0.3) is 0 Å². The monoisotopic (exact) mass is 305 g/mol. The zero-order chi connectivity index (χ0) is 16.5. The maximum Gasteiger partial charge on any atom is 0.303 e. The van der Waals surface area contributed by atoms with Crippen LogP contribution in [0, 0.1) is 6.92 Å². The number of hydrogen-bond acceptors (Lipinski definition) is 2. The summed E-state index contributed by atoms with van der Waals surface area (Å²) in [5, 5.41) is 8.60. The van der Waals surface area contributed by atoms with Gasteiger partial charge in [-0.25, -0.2) is 0 Å². The fourth-order valence-electron chi connectivity index (χ4n) is 2.48. The van der Waals surface area contributed by atoms with E-state index in [9.17, 15) is 9.59 Å². The predicted molar refractivity (Wildman–Crippen MR) is 87.8 cm³/mol. The Bertz CT molecular complexity index is 482. The van der Waals surface area contributed by atoms with Crippen LogP contribution >= 0.6 is 0 Å². The minimum atomic E-state index is -0.799. The summed E-state index contributed by atoms with van der Waals surface area (Å²) >= 11 is 0. The molecule has 0 fully saturated rings. The van der Waals surface area contributed by atoms with Crippen LogP contribution in [0.2, 0.25) is 0 Å². The van der Waals surface area contributed by atoms with E-state index in [1.165, 1.54) is 11.1 Å². The molecule has 0 aliphatic carbocycles. The highest BCUT2D eigenvalue weighted by molar-refractivity contribution is 5.76. The first-order chi connectivity index (χ1) is 10.4. The van der Waals surface area contributed by atoms with Crippen molar-refractivity contribution < 1.29 is 14.7 Å². The Morgan fingerprint density at radius 1 is 1.14 bits per heavy atom. The normalized spacial score (nSPS) is 12.0. The van der Waals surface area contributed by atoms with Crippen LogP contribution in [0.1, 0.15) is 50.2 Å². The van der Waals surface area contributed by atoms with Crippen molar-refractivity contribution in [1.29, 1.82) is 0 Å². The number of likely N-dealkylation sites (N-methyl/N-ethyl adjacent to an activating group) is 1. The SMILES string of the molecule is CCC(Cc1ccc(C)cc1)N(C)C(=O)CCCCC(=O)O. The van der Waals surface area contributed by atoms with Crippen LogP contribution < -0.4 is 0 Å². The first kappa shape index (κ1) is 18.2. The van der Waals surface area contributed by atoms with Crippen LogP contribution in [0.15, 0.2) is 24.3 Å². The number of aryl methyl sites for hydroxylation is 1. The molecule has 1 unspecified atom stereocenters. The van der Waals surface area contributed by atoms with E-state index in [2.05, 4.69) is 38.1 Å². The molecule has 22 heavy (non-hydrogen) atoms. The molecule has 0 aliphatic rings. The number of hydrogen-bond donors (Lipinski definition) is 1. The number of carboxylic acid groups (broad SMARTS) is 1. The lowest BCUT2D eigenvalue weighted by molar-refractivity contribution is -0.137. The zero-order valence-corrected chi connectivity index (χ0v) is 13.8. The molecule has 0 aliphatic heterocycles. The predicted octanol–water partition coefficient (Wildman–Crippen LogP) is 3.42. The summed E-state index contributed by atoms with van der Waals surface area (Å²) < 4.78 is 0. The first-order valence-electron chi connectivity index (χ1n) is 7.97. The number of aliphatic carboxylic acids is 1. The Kier molecular flexibility index (Phi) is 7.64. The van der Waals surface area contributed by atoms with Gasteiger partial charge in [-0.3, -0.25) is 9.59 Å². The van der Waals surface area contributed by atoms with E-state index < -0.39 is 5.97 Å². The molecule has 122 valence electrons. The average molecular weight is 305 g/mol. The van der Waals surface area contributed by atoms with E-state index in [1.54, 1.807) is 0 Å². The number of nitrogens with zero attached hydrogens (tertiary/aromatic N) is 1. The first-order valence-corrected chi connectivity index (χ1v) is 7.97. The second-order valence-electron chi connectivity index (χ2n) is 5.86. The van der Waals surface area contributed by atoms with Gasteiger partial charge in [0.2, 0.25) is 5.91 Å². The van der Waals surface area contributed by atoms with E-state index in [0.29, 0.717) is 19.3 Å². The molecule has 4 nitrogen and oxygen atoms in total. The van der Waals surface area contributed by atoms with Gasteiger partial charge in [-0.05, 0) is 38.2 Å². The molecule has 0 saturated carbocycles. The minimum Gasteiger partial charge on any atom is -0.481 e. The molecular formula is C18H27NO3. The number of carbonyl (C=O) groups is 2. The lowest BCUT2D eigenvalue weighted by Crippen LogP contribution is -2.38. The summed E-state index contributed by atoms with van der Waals surface area (Å²) in [5.74, 6) is -0.698. The average Bonchev–Trinajstić information content (AvgIpc) is 2.50. The lowest BCUT2D eigenvalue weighted by atomic mass is 10.0. The Balaban J connectivity index is 2.48. The largest absolute Gasteiger partial charge is 0.481 e. The Labute approximate surface area is 133 Å². The fourth-order valence-corrected chi connectivity index (χ4v) is 2.48. The van der Waals surface area contributed by atoms with E-state index in [0.717, 1.165) is 12.8 Å². The van der Waals surface area contributed by atoms with Crippen molar-refractivity contribution in [2.45, 2.75) is 58.4 Å². The maximum atomic E-state index is 12.2. The summed E-state index contributed by atoms with van der Waals surface area (Å²) in [6.07, 6.45) is 3.52. The van der Waals surface area contributed by atoms with Crippen molar-refractivity contribution in [3.63, 3.8) is 0 Å². The zero-order valence-electron chi connectivity index (χ0n) is 13.8. The molecular weight excluding hydrogens is 278 g/mol. The van der Waals surface area contributed by atoms with Gasteiger partial charge in [0.15, 0.2) is 0 Å². The summed E-state index contributed by atoms with van der Waals surface area (Å²) in [6.45, 7) is 4.15. The van der Waals surface area contributed by atoms with Gasteiger partial charge in [-0.1, -0.05) is 36.8 Å². The van der Waals surface area contributed by atoms with Gasteiger partial charge in [-0.2, -0.15) is 0 Å². The number of carbonyl (C=O) groups excluding carboxylic acids is 1. The van der Waals surface area contributed by atoms with E-state index in [1.807, 2.05) is 11.9 Å². The van der Waals surface area contributed by atoms with Gasteiger partial charge in [0.1, 0.15) is 0 Å². The van der Waals surface area contributed by atoms with Crippen LogP contribution in [-0.4, -0.2) is 35.0 Å². The van der Waals surface area contributed by atoms with Crippen molar-refractivity contribution in [3.05, 3.63) is 35.4 Å². The molecule has 4 heteroatoms. The van der Waals surface area contributed by atoms with Crippen LogP contribution in [0.4, 0.5) is 0 Å². The highest BCUT2D eigenvalue weighted by Gasteiger charge is 2.18. The number of carboxylic acids is 1. The molecule has 1 N–H and O–H groups in total. The molecule has 1 aromatic rings. The third kappa shape index (κ3) is 6.29. The fraction of sp³-hybridized carbons (Fsp3) is 0.556. The van der Waals surface area contributed by atoms with E-state index in [4.69, 9.17) is 5.11 Å². The Morgan fingerprint density at radius 2 is 1.73 bits per heavy atom. The van der Waals surface area contributed by atoms with Crippen molar-refractivity contribution in [1.82, 2.24) is 4.90 Å². The van der Waals surface area contributed by atoms with Gasteiger partial charge in [-0.15, -0.1) is 0 Å². The number of rotatable bonds is 9. The lowest BCUT2D eigenvalue weighted by Gasteiger charge is -2.27. The van der Waals surface area contributed by atoms with Crippen LogP contribution in [0.5, 0.6) is 0 Å². The van der Waals surface area contributed by atoms with Gasteiger partial charge in [0, 0.05) is 25.9 Å². The van der Waals surface area contributed by atoms with Crippen LogP contribution in [0.3, 0.4) is 0 Å². The van der Waals surface area contributed by atoms with Gasteiger partial charge < -0.3 is 10.0 Å². The third-order valence-corrected chi connectivity index (χ3v) is 4.04. The van der Waals surface area contributed by atoms with Crippen molar-refractivity contribution in [2.75, 3.05) is 7.05 Å². The maximum absolute atomic E-state index is 12.2. The second-order valence-corrected chi connectivity index (χ2v) is 5.86. The van der Waals surface area contributed by atoms with Crippen LogP contribution in [-0.2, 0) is 16.0 Å². The summed E-state index contributed by atoms with van der Waals surface area (Å²) in [4.78, 5) is 24.5. The number of amides is 1. The Morgan fingerprint density at radius 3 is 2.27 bits per heavy atom. The molecule has 0 heterocycles. The standard InChI is InChI=1S/C18H27NO3/c1-4-16(13-15-11-9-14(2)10-12-15)19(3)17(20)7-5-6-8-18(21)22/h9-12,16H,4-8,13H2,1-3H3,(H,21,22). The summed E-state index contributed by atoms with van der Waals surface area (Å²) in [5.41, 5.74) is 2.47. The molecule has 0 saturated heterocycles. The summed E-state index contributed by atoms with van der Waals surface area (Å²) in [7, 11) is 1.85. The quantitative estimate of drug-likeness (QED) is 0.711. The minimum absolute atomic E-state index is 0.101. The molecule has 1 aromatic carbocycles. The number of unbranched alkanes of at least 4 members (excludes halogenated alkanes) is 1. The molecule has 1 amide bonds. The number of benzene rings is 1. The van der Waals surface area contributed by atoms with Gasteiger partial charge >= 0.3 is 5.97 Å². The topological polar surface area (TPSA) is 57.6 Å². The molecule has 0 spiro atoms. The van der Waals surface area contributed by atoms with Gasteiger partial charge in [0.25, 0.3) is 0 Å². The molecule has 0 bridgehead atoms. The highest BCUT2D eigenvalue weighted by Crippen LogP contribution is 2.14. The summed E-state index contributed by atoms with van der Waals surface area (Å²) in [6, 6.07) is 8.60. The smallest absolute Gasteiger partial charge is 0.303 e. The van der Waals surface area contributed by atoms with Gasteiger partial charge in [0.05, 0.1) is 0 Å². The Hall–Kier alpha value is -1.84. The highest BCUT2D eigenvalue weighted by atomic mass is 16.4. The van der Waals surface area contributed by atoms with Crippen molar-refractivity contribution in [3.8, 4) is 0 Å². The van der Waals surface area contributed by atoms with E-state index in [-0.39, 0.29) is 18.4 Å². The molecule has 0 radical (unpaired) electrons. The molecule has 1 atom stereocenters. The van der Waals surface area contributed by atoms with Crippen molar-refractivity contribution in [2.24, 2.45) is 0 Å². The third-order valence-electron chi connectivity index (χ3n) is 4.04. The molecule has 0 aromatic heterocycles. The van der Waals surface area contributed by atoms with Crippen molar-refractivity contribution >= 4 is 11.9 Å².